The lowest BCUT2D eigenvalue weighted by atomic mass is 10.0. The van der Waals surface area contributed by atoms with Crippen LogP contribution in [0.2, 0.25) is 0 Å². The molecule has 5 nitrogen and oxygen atoms in total. The van der Waals surface area contributed by atoms with Crippen LogP contribution in [0, 0.1) is 0 Å². The van der Waals surface area contributed by atoms with Crippen molar-refractivity contribution >= 4 is 22.8 Å². The maximum atomic E-state index is 12.8. The van der Waals surface area contributed by atoms with E-state index in [4.69, 9.17) is 0 Å². The summed E-state index contributed by atoms with van der Waals surface area (Å²) in [6.45, 7) is 1.23. The zero-order valence-corrected chi connectivity index (χ0v) is 13.9. The van der Waals surface area contributed by atoms with Gasteiger partial charge in [-0.2, -0.15) is 0 Å². The Kier molecular flexibility index (Phi) is 3.57. The second-order valence-electron chi connectivity index (χ2n) is 6.41. The van der Waals surface area contributed by atoms with E-state index in [0.29, 0.717) is 18.8 Å². The molecule has 0 unspecified atom stereocenters. The van der Waals surface area contributed by atoms with Gasteiger partial charge in [-0.25, -0.2) is 4.79 Å². The molecule has 0 fully saturated rings. The van der Waals surface area contributed by atoms with Gasteiger partial charge in [0.25, 0.3) is 5.91 Å². The van der Waals surface area contributed by atoms with Gasteiger partial charge in [-0.1, -0.05) is 30.3 Å². The van der Waals surface area contributed by atoms with Crippen molar-refractivity contribution in [3.05, 3.63) is 70.9 Å². The molecule has 1 aromatic heterocycles. The van der Waals surface area contributed by atoms with E-state index in [2.05, 4.69) is 0 Å². The smallest absolute Gasteiger partial charge is 0.335 e. The SMILES string of the molecule is CN1CCc2c(n(Cc3ccccc3)c3ccc(C(=O)O)cc23)C1=O. The molecule has 1 N–H and O–H groups in total. The Bertz CT molecular complexity index is 989. The maximum absolute atomic E-state index is 12.8. The Labute approximate surface area is 145 Å². The van der Waals surface area contributed by atoms with Crippen LogP contribution in [0.25, 0.3) is 10.9 Å². The third kappa shape index (κ3) is 2.48. The van der Waals surface area contributed by atoms with Crippen LogP contribution in [-0.2, 0) is 13.0 Å². The minimum atomic E-state index is -0.953. The van der Waals surface area contributed by atoms with Crippen molar-refractivity contribution in [1.29, 1.82) is 0 Å². The van der Waals surface area contributed by atoms with Gasteiger partial charge in [0, 0.05) is 31.0 Å². The predicted molar refractivity (Wildman–Crippen MR) is 95.1 cm³/mol. The molecule has 5 heteroatoms. The number of hydrogen-bond acceptors (Lipinski definition) is 2. The molecule has 0 aliphatic carbocycles. The quantitative estimate of drug-likeness (QED) is 0.801. The van der Waals surface area contributed by atoms with Gasteiger partial charge in [-0.05, 0) is 35.7 Å². The van der Waals surface area contributed by atoms with E-state index in [1.165, 1.54) is 0 Å². The highest BCUT2D eigenvalue weighted by Gasteiger charge is 2.29. The van der Waals surface area contributed by atoms with E-state index in [1.807, 2.05) is 41.0 Å². The first-order chi connectivity index (χ1) is 12.1. The molecule has 0 bridgehead atoms. The van der Waals surface area contributed by atoms with Gasteiger partial charge in [0.2, 0.25) is 0 Å². The highest BCUT2D eigenvalue weighted by atomic mass is 16.4. The third-order valence-corrected chi connectivity index (χ3v) is 4.85. The van der Waals surface area contributed by atoms with Crippen molar-refractivity contribution in [3.8, 4) is 0 Å². The Morgan fingerprint density at radius 2 is 1.92 bits per heavy atom. The topological polar surface area (TPSA) is 62.5 Å². The van der Waals surface area contributed by atoms with Crippen molar-refractivity contribution in [2.45, 2.75) is 13.0 Å². The van der Waals surface area contributed by atoms with Gasteiger partial charge in [-0.3, -0.25) is 4.79 Å². The van der Waals surface area contributed by atoms with Gasteiger partial charge in [0.15, 0.2) is 0 Å². The number of aromatic carboxylic acids is 1. The number of carbonyl (C=O) groups excluding carboxylic acids is 1. The van der Waals surface area contributed by atoms with Crippen LogP contribution >= 0.6 is 0 Å². The molecule has 0 radical (unpaired) electrons. The molecule has 1 aliphatic heterocycles. The molecule has 0 atom stereocenters. The van der Waals surface area contributed by atoms with Crippen molar-refractivity contribution in [2.24, 2.45) is 0 Å². The van der Waals surface area contributed by atoms with Gasteiger partial charge in [0.05, 0.1) is 5.56 Å². The van der Waals surface area contributed by atoms with E-state index in [0.717, 1.165) is 28.5 Å². The first kappa shape index (κ1) is 15.4. The van der Waals surface area contributed by atoms with Crippen molar-refractivity contribution in [3.63, 3.8) is 0 Å². The van der Waals surface area contributed by atoms with Crippen LogP contribution < -0.4 is 0 Å². The summed E-state index contributed by atoms with van der Waals surface area (Å²) in [6, 6.07) is 15.1. The van der Waals surface area contributed by atoms with Crippen molar-refractivity contribution in [2.75, 3.05) is 13.6 Å². The Morgan fingerprint density at radius 3 is 2.64 bits per heavy atom. The summed E-state index contributed by atoms with van der Waals surface area (Å²) in [5, 5.41) is 10.2. The number of carboxylic acids is 1. The van der Waals surface area contributed by atoms with E-state index < -0.39 is 5.97 Å². The number of carbonyl (C=O) groups is 2. The monoisotopic (exact) mass is 334 g/mol. The summed E-state index contributed by atoms with van der Waals surface area (Å²) < 4.78 is 2.02. The van der Waals surface area contributed by atoms with E-state index in [9.17, 15) is 14.7 Å². The number of aromatic nitrogens is 1. The summed E-state index contributed by atoms with van der Waals surface area (Å²) in [5.74, 6) is -0.962. The van der Waals surface area contributed by atoms with Crippen LogP contribution in [-0.4, -0.2) is 40.0 Å². The van der Waals surface area contributed by atoms with Crippen LogP contribution in [0.1, 0.15) is 32.0 Å². The molecule has 1 aliphatic rings. The summed E-state index contributed by atoms with van der Waals surface area (Å²) >= 11 is 0. The zero-order chi connectivity index (χ0) is 17.6. The second kappa shape index (κ2) is 5.77. The van der Waals surface area contributed by atoms with Crippen LogP contribution in [0.15, 0.2) is 48.5 Å². The lowest BCUT2D eigenvalue weighted by Gasteiger charge is -2.24. The molecule has 4 rings (SSSR count). The van der Waals surface area contributed by atoms with Gasteiger partial charge in [-0.15, -0.1) is 0 Å². The minimum Gasteiger partial charge on any atom is -0.478 e. The number of benzene rings is 2. The number of fused-ring (bicyclic) bond motifs is 3. The lowest BCUT2D eigenvalue weighted by molar-refractivity contribution is 0.0696. The van der Waals surface area contributed by atoms with E-state index in [-0.39, 0.29) is 11.5 Å². The normalized spacial score (nSPS) is 14.0. The average molecular weight is 334 g/mol. The molecule has 0 spiro atoms. The number of hydrogen-bond donors (Lipinski definition) is 1. The minimum absolute atomic E-state index is 0.00902. The number of amides is 1. The van der Waals surface area contributed by atoms with Crippen LogP contribution in [0.3, 0.4) is 0 Å². The fraction of sp³-hybridized carbons (Fsp3) is 0.200. The van der Waals surface area contributed by atoms with Crippen molar-refractivity contribution in [1.82, 2.24) is 9.47 Å². The number of carboxylic acid groups (broad SMARTS) is 1. The fourth-order valence-electron chi connectivity index (χ4n) is 3.55. The Morgan fingerprint density at radius 1 is 1.16 bits per heavy atom. The number of rotatable bonds is 3. The molecule has 2 heterocycles. The summed E-state index contributed by atoms with van der Waals surface area (Å²) in [7, 11) is 1.80. The standard InChI is InChI=1S/C20H18N2O3/c1-21-10-9-15-16-11-14(20(24)25)7-8-17(16)22(18(15)19(21)23)12-13-5-3-2-4-6-13/h2-8,11H,9-10,12H2,1H3,(H,24,25). The zero-order valence-electron chi connectivity index (χ0n) is 13.9. The third-order valence-electron chi connectivity index (χ3n) is 4.85. The molecule has 0 saturated heterocycles. The van der Waals surface area contributed by atoms with Crippen LogP contribution in [0.5, 0.6) is 0 Å². The molecule has 126 valence electrons. The summed E-state index contributed by atoms with van der Waals surface area (Å²) in [6.07, 6.45) is 0.735. The number of likely N-dealkylation sites (N-methyl/N-ethyl adjacent to an activating group) is 1. The molecule has 3 aromatic rings. The first-order valence-corrected chi connectivity index (χ1v) is 8.24. The molecular formula is C20H18N2O3. The molecule has 25 heavy (non-hydrogen) atoms. The predicted octanol–water partition coefficient (Wildman–Crippen LogP) is 3.02. The fourth-order valence-corrected chi connectivity index (χ4v) is 3.55. The molecule has 0 saturated carbocycles. The highest BCUT2D eigenvalue weighted by Crippen LogP contribution is 2.32. The van der Waals surface area contributed by atoms with E-state index in [1.54, 1.807) is 24.1 Å². The summed E-state index contributed by atoms with van der Waals surface area (Å²) in [4.78, 5) is 25.9. The molecular weight excluding hydrogens is 316 g/mol. The average Bonchev–Trinajstić information content (AvgIpc) is 2.93. The van der Waals surface area contributed by atoms with Gasteiger partial charge >= 0.3 is 5.97 Å². The largest absolute Gasteiger partial charge is 0.478 e. The lowest BCUT2D eigenvalue weighted by Crippen LogP contribution is -2.35. The van der Waals surface area contributed by atoms with Crippen molar-refractivity contribution < 1.29 is 14.7 Å². The number of nitrogens with zero attached hydrogens (tertiary/aromatic N) is 2. The summed E-state index contributed by atoms with van der Waals surface area (Å²) in [5.41, 5.74) is 3.89. The van der Waals surface area contributed by atoms with E-state index >= 15 is 0 Å². The first-order valence-electron chi connectivity index (χ1n) is 8.24. The molecule has 2 aromatic carbocycles. The van der Waals surface area contributed by atoms with Gasteiger partial charge in [0.1, 0.15) is 5.69 Å². The Balaban J connectivity index is 1.96. The molecule has 1 amide bonds. The van der Waals surface area contributed by atoms with Crippen LogP contribution in [0.4, 0.5) is 0 Å². The van der Waals surface area contributed by atoms with Gasteiger partial charge < -0.3 is 14.6 Å². The highest BCUT2D eigenvalue weighted by molar-refractivity contribution is 6.04. The maximum Gasteiger partial charge on any atom is 0.335 e. The second-order valence-corrected chi connectivity index (χ2v) is 6.41. The Hall–Kier alpha value is -3.08.